The van der Waals surface area contributed by atoms with Gasteiger partial charge in [0.25, 0.3) is 0 Å². The van der Waals surface area contributed by atoms with Crippen molar-refractivity contribution in [2.24, 2.45) is 0 Å². The van der Waals surface area contributed by atoms with Crippen LogP contribution in [-0.4, -0.2) is 21.6 Å². The molecule has 2 rings (SSSR count). The maximum absolute atomic E-state index is 5.47. The third-order valence-electron chi connectivity index (χ3n) is 2.10. The van der Waals surface area contributed by atoms with Gasteiger partial charge in [0.05, 0.1) is 12.1 Å². The third-order valence-corrected chi connectivity index (χ3v) is 2.10. The highest BCUT2D eigenvalue weighted by Crippen LogP contribution is 2.15. The Kier molecular flexibility index (Phi) is 2.67. The molecule has 0 atom stereocenters. The lowest BCUT2D eigenvalue weighted by Crippen LogP contribution is -2.03. The largest absolute Gasteiger partial charge is 0.478 e. The summed E-state index contributed by atoms with van der Waals surface area (Å²) in [6, 6.07) is 7.80. The first kappa shape index (κ1) is 9.71. The Balaban J connectivity index is 2.51. The summed E-state index contributed by atoms with van der Waals surface area (Å²) in [5.41, 5.74) is 1.83. The van der Waals surface area contributed by atoms with Crippen molar-refractivity contribution < 1.29 is 4.74 Å². The lowest BCUT2D eigenvalue weighted by atomic mass is 10.3. The van der Waals surface area contributed by atoms with E-state index in [0.717, 1.165) is 11.0 Å². The molecule has 0 saturated heterocycles. The molecule has 1 aromatic heterocycles. The van der Waals surface area contributed by atoms with Crippen LogP contribution in [0.25, 0.3) is 16.9 Å². The second-order valence-electron chi connectivity index (χ2n) is 3.05. The van der Waals surface area contributed by atoms with Gasteiger partial charge in [-0.3, -0.25) is 0 Å². The van der Waals surface area contributed by atoms with E-state index in [1.54, 1.807) is 4.68 Å². The smallest absolute Gasteiger partial charge is 0.211 e. The molecule has 4 nitrogen and oxygen atoms in total. The van der Waals surface area contributed by atoms with Gasteiger partial charge in [-0.15, -0.1) is 5.10 Å². The number of para-hydroxylation sites is 1. The number of ether oxygens (including phenoxy) is 1. The van der Waals surface area contributed by atoms with Gasteiger partial charge >= 0.3 is 0 Å². The molecular weight excluding hydrogens is 190 g/mol. The van der Waals surface area contributed by atoms with E-state index in [4.69, 9.17) is 4.74 Å². The van der Waals surface area contributed by atoms with Crippen molar-refractivity contribution in [3.8, 4) is 0 Å². The van der Waals surface area contributed by atoms with Crippen LogP contribution in [0, 0.1) is 0 Å². The minimum Gasteiger partial charge on any atom is -0.478 e. The van der Waals surface area contributed by atoms with Crippen molar-refractivity contribution in [2.75, 3.05) is 6.61 Å². The number of allylic oxidation sites excluding steroid dienone is 1. The van der Waals surface area contributed by atoms with Crippen molar-refractivity contribution in [1.29, 1.82) is 0 Å². The molecule has 0 unspecified atom stereocenters. The molecule has 0 bridgehead atoms. The first-order valence-electron chi connectivity index (χ1n) is 4.96. The molecule has 0 spiro atoms. The molecule has 4 heteroatoms. The summed E-state index contributed by atoms with van der Waals surface area (Å²) in [6.07, 6.45) is 1.88. The standard InChI is InChI=1S/C11H13N3O/c1-3-11(15-4-2)14-10-8-6-5-7-9(10)12-13-14/h3,5-8H,4H2,1-2H3. The van der Waals surface area contributed by atoms with Gasteiger partial charge in [-0.1, -0.05) is 17.3 Å². The summed E-state index contributed by atoms with van der Waals surface area (Å²) in [7, 11) is 0. The molecule has 78 valence electrons. The number of fused-ring (bicyclic) bond motifs is 1. The van der Waals surface area contributed by atoms with Gasteiger partial charge in [0.2, 0.25) is 5.88 Å². The summed E-state index contributed by atoms with van der Waals surface area (Å²) in [6.45, 7) is 4.48. The molecule has 0 aliphatic carbocycles. The number of benzene rings is 1. The lowest BCUT2D eigenvalue weighted by Gasteiger charge is -2.07. The van der Waals surface area contributed by atoms with E-state index in [2.05, 4.69) is 10.3 Å². The Morgan fingerprint density at radius 3 is 3.00 bits per heavy atom. The van der Waals surface area contributed by atoms with E-state index in [1.165, 1.54) is 0 Å². The number of rotatable bonds is 3. The van der Waals surface area contributed by atoms with Gasteiger partial charge in [0.1, 0.15) is 5.52 Å². The number of aromatic nitrogens is 3. The van der Waals surface area contributed by atoms with Crippen LogP contribution >= 0.6 is 0 Å². The second kappa shape index (κ2) is 4.13. The van der Waals surface area contributed by atoms with Crippen molar-refractivity contribution in [1.82, 2.24) is 15.0 Å². The van der Waals surface area contributed by atoms with Crippen LogP contribution in [0.2, 0.25) is 0 Å². The molecule has 0 aliphatic rings. The second-order valence-corrected chi connectivity index (χ2v) is 3.05. The number of nitrogens with zero attached hydrogens (tertiary/aromatic N) is 3. The molecule has 0 radical (unpaired) electrons. The number of hydrogen-bond acceptors (Lipinski definition) is 3. The van der Waals surface area contributed by atoms with Crippen LogP contribution in [0.3, 0.4) is 0 Å². The molecule has 0 saturated carbocycles. The van der Waals surface area contributed by atoms with E-state index < -0.39 is 0 Å². The Morgan fingerprint density at radius 1 is 1.47 bits per heavy atom. The SMILES string of the molecule is CC=C(OCC)n1nnc2ccccc21. The van der Waals surface area contributed by atoms with Gasteiger partial charge in [-0.2, -0.15) is 4.68 Å². The molecule has 0 fully saturated rings. The minimum absolute atomic E-state index is 0.619. The molecule has 1 aromatic carbocycles. The van der Waals surface area contributed by atoms with Gasteiger partial charge in [0, 0.05) is 0 Å². The van der Waals surface area contributed by atoms with E-state index in [0.29, 0.717) is 12.5 Å². The van der Waals surface area contributed by atoms with E-state index in [-0.39, 0.29) is 0 Å². The Morgan fingerprint density at radius 2 is 2.27 bits per heavy atom. The first-order valence-corrected chi connectivity index (χ1v) is 4.96. The fourth-order valence-corrected chi connectivity index (χ4v) is 1.45. The van der Waals surface area contributed by atoms with E-state index in [1.807, 2.05) is 44.2 Å². The molecule has 0 N–H and O–H groups in total. The highest BCUT2D eigenvalue weighted by atomic mass is 16.5. The monoisotopic (exact) mass is 203 g/mol. The zero-order chi connectivity index (χ0) is 10.7. The fraction of sp³-hybridized carbons (Fsp3) is 0.273. The van der Waals surface area contributed by atoms with E-state index in [9.17, 15) is 0 Å². The van der Waals surface area contributed by atoms with Crippen LogP contribution in [0.15, 0.2) is 30.3 Å². The summed E-state index contributed by atoms with van der Waals surface area (Å²) in [4.78, 5) is 0. The predicted octanol–water partition coefficient (Wildman–Crippen LogP) is 2.29. The topological polar surface area (TPSA) is 39.9 Å². The quantitative estimate of drug-likeness (QED) is 0.718. The van der Waals surface area contributed by atoms with Gasteiger partial charge in [0.15, 0.2) is 0 Å². The van der Waals surface area contributed by atoms with Crippen molar-refractivity contribution in [3.63, 3.8) is 0 Å². The Bertz CT molecular complexity index is 487. The van der Waals surface area contributed by atoms with Crippen molar-refractivity contribution in [2.45, 2.75) is 13.8 Å². The normalized spacial score (nSPS) is 12.0. The van der Waals surface area contributed by atoms with Crippen LogP contribution in [0.1, 0.15) is 13.8 Å². The number of hydrogen-bond donors (Lipinski definition) is 0. The molecule has 15 heavy (non-hydrogen) atoms. The highest BCUT2D eigenvalue weighted by Gasteiger charge is 2.07. The molecule has 0 amide bonds. The zero-order valence-corrected chi connectivity index (χ0v) is 8.84. The molecule has 1 heterocycles. The molecular formula is C11H13N3O. The summed E-state index contributed by atoms with van der Waals surface area (Å²) in [5.74, 6) is 0.714. The maximum Gasteiger partial charge on any atom is 0.211 e. The summed E-state index contributed by atoms with van der Waals surface area (Å²) < 4.78 is 7.17. The Hall–Kier alpha value is -1.84. The van der Waals surface area contributed by atoms with Crippen LogP contribution < -0.4 is 0 Å². The zero-order valence-electron chi connectivity index (χ0n) is 8.84. The summed E-state index contributed by atoms with van der Waals surface area (Å²) in [5, 5.41) is 8.12. The van der Waals surface area contributed by atoms with E-state index >= 15 is 0 Å². The third kappa shape index (κ3) is 1.70. The lowest BCUT2D eigenvalue weighted by molar-refractivity contribution is 0.272. The maximum atomic E-state index is 5.47. The predicted molar refractivity (Wildman–Crippen MR) is 59.1 cm³/mol. The molecule has 0 aliphatic heterocycles. The van der Waals surface area contributed by atoms with Gasteiger partial charge in [-0.25, -0.2) is 0 Å². The Labute approximate surface area is 88.2 Å². The van der Waals surface area contributed by atoms with Crippen LogP contribution in [-0.2, 0) is 4.74 Å². The summed E-state index contributed by atoms with van der Waals surface area (Å²) >= 11 is 0. The highest BCUT2D eigenvalue weighted by molar-refractivity contribution is 5.76. The minimum atomic E-state index is 0.619. The van der Waals surface area contributed by atoms with Gasteiger partial charge in [-0.05, 0) is 32.1 Å². The molecule has 2 aromatic rings. The van der Waals surface area contributed by atoms with Crippen molar-refractivity contribution in [3.05, 3.63) is 30.3 Å². The fourth-order valence-electron chi connectivity index (χ4n) is 1.45. The van der Waals surface area contributed by atoms with Gasteiger partial charge < -0.3 is 4.74 Å². The van der Waals surface area contributed by atoms with Crippen LogP contribution in [0.5, 0.6) is 0 Å². The van der Waals surface area contributed by atoms with Crippen LogP contribution in [0.4, 0.5) is 0 Å². The average Bonchev–Trinajstić information content (AvgIpc) is 2.70. The first-order chi connectivity index (χ1) is 7.36. The average molecular weight is 203 g/mol. The van der Waals surface area contributed by atoms with Crippen molar-refractivity contribution >= 4 is 16.9 Å².